The highest BCUT2D eigenvalue weighted by atomic mass is 16.2. The Morgan fingerprint density at radius 2 is 2.30 bits per heavy atom. The van der Waals surface area contributed by atoms with Crippen LogP contribution in [0.25, 0.3) is 10.4 Å². The Morgan fingerprint density at radius 3 is 2.95 bits per heavy atom. The average molecular weight is 276 g/mol. The number of rotatable bonds is 6. The maximum Gasteiger partial charge on any atom is 0.222 e. The lowest BCUT2D eigenvalue weighted by atomic mass is 10.1. The van der Waals surface area contributed by atoms with Crippen LogP contribution in [0.5, 0.6) is 0 Å². The molecule has 1 aliphatic heterocycles. The van der Waals surface area contributed by atoms with Gasteiger partial charge in [-0.1, -0.05) is 5.11 Å². The zero-order valence-corrected chi connectivity index (χ0v) is 12.0. The number of hydrogen-bond acceptors (Lipinski definition) is 3. The molecule has 2 heterocycles. The molecule has 1 aromatic rings. The molecule has 1 fully saturated rings. The summed E-state index contributed by atoms with van der Waals surface area (Å²) in [5.74, 6) is 0.337. The van der Waals surface area contributed by atoms with Crippen molar-refractivity contribution < 1.29 is 4.79 Å². The lowest BCUT2D eigenvalue weighted by Crippen LogP contribution is -2.27. The van der Waals surface area contributed by atoms with Crippen molar-refractivity contribution in [2.45, 2.75) is 33.2 Å². The number of azide groups is 1. The second kappa shape index (κ2) is 6.43. The predicted octanol–water partition coefficient (Wildman–Crippen LogP) is 2.05. The number of nitrogens with zero attached hydrogens (tertiary/aromatic N) is 6. The first-order valence-corrected chi connectivity index (χ1v) is 6.90. The Labute approximate surface area is 118 Å². The second-order valence-electron chi connectivity index (χ2n) is 5.33. The first-order valence-electron chi connectivity index (χ1n) is 6.90. The molecule has 1 saturated heterocycles. The summed E-state index contributed by atoms with van der Waals surface area (Å²) < 4.78 is 1.98. The van der Waals surface area contributed by atoms with Crippen molar-refractivity contribution in [3.8, 4) is 0 Å². The van der Waals surface area contributed by atoms with Gasteiger partial charge in [0.1, 0.15) is 0 Å². The molecule has 0 radical (unpaired) electrons. The zero-order valence-electron chi connectivity index (χ0n) is 12.0. The maximum atomic E-state index is 11.8. The fourth-order valence-electron chi connectivity index (χ4n) is 2.66. The van der Waals surface area contributed by atoms with Gasteiger partial charge in [0.15, 0.2) is 0 Å². The molecule has 7 heteroatoms. The monoisotopic (exact) mass is 276 g/mol. The summed E-state index contributed by atoms with van der Waals surface area (Å²) >= 11 is 0. The van der Waals surface area contributed by atoms with Crippen LogP contribution in [0.2, 0.25) is 0 Å². The number of carbonyl (C=O) groups is 1. The quantitative estimate of drug-likeness (QED) is 0.452. The highest BCUT2D eigenvalue weighted by Gasteiger charge is 2.28. The lowest BCUT2D eigenvalue weighted by molar-refractivity contribution is -0.127. The van der Waals surface area contributed by atoms with Crippen molar-refractivity contribution in [2.75, 3.05) is 19.6 Å². The summed E-state index contributed by atoms with van der Waals surface area (Å²) in [6.45, 7) is 6.70. The average Bonchev–Trinajstić information content (AvgIpc) is 2.90. The van der Waals surface area contributed by atoms with Crippen LogP contribution >= 0.6 is 0 Å². The summed E-state index contributed by atoms with van der Waals surface area (Å²) in [6, 6.07) is 2.05. The van der Waals surface area contributed by atoms with Gasteiger partial charge < -0.3 is 4.90 Å². The predicted molar refractivity (Wildman–Crippen MR) is 75.0 cm³/mol. The van der Waals surface area contributed by atoms with Crippen molar-refractivity contribution in [1.29, 1.82) is 0 Å². The van der Waals surface area contributed by atoms with Crippen molar-refractivity contribution in [1.82, 2.24) is 14.7 Å². The fraction of sp³-hybridized carbons (Fsp3) is 0.692. The fourth-order valence-corrected chi connectivity index (χ4v) is 2.66. The van der Waals surface area contributed by atoms with Gasteiger partial charge in [0.05, 0.1) is 5.69 Å². The van der Waals surface area contributed by atoms with Crippen LogP contribution < -0.4 is 0 Å². The summed E-state index contributed by atoms with van der Waals surface area (Å²) in [6.07, 6.45) is 1.39. The Kier molecular flexibility index (Phi) is 4.63. The highest BCUT2D eigenvalue weighted by Crippen LogP contribution is 2.18. The van der Waals surface area contributed by atoms with Crippen molar-refractivity contribution in [3.63, 3.8) is 0 Å². The Hall–Kier alpha value is -2.01. The minimum Gasteiger partial charge on any atom is -0.342 e. The minimum absolute atomic E-state index is 0.163. The van der Waals surface area contributed by atoms with Crippen LogP contribution in [0, 0.1) is 19.8 Å². The molecule has 1 atom stereocenters. The number of amides is 1. The van der Waals surface area contributed by atoms with E-state index in [1.165, 1.54) is 0 Å². The van der Waals surface area contributed by atoms with Gasteiger partial charge in [-0.3, -0.25) is 9.48 Å². The number of likely N-dealkylation sites (tertiary alicyclic amines) is 1. The molecule has 7 nitrogen and oxygen atoms in total. The van der Waals surface area contributed by atoms with E-state index in [0.717, 1.165) is 30.9 Å². The van der Waals surface area contributed by atoms with Crippen LogP contribution in [0.3, 0.4) is 0 Å². The molecule has 0 bridgehead atoms. The van der Waals surface area contributed by atoms with E-state index in [2.05, 4.69) is 21.2 Å². The second-order valence-corrected chi connectivity index (χ2v) is 5.33. The van der Waals surface area contributed by atoms with Gasteiger partial charge in [-0.05, 0) is 37.8 Å². The third-order valence-corrected chi connectivity index (χ3v) is 3.60. The standard InChI is InChI=1S/C13H20N6O/c1-10-6-11(2)19(16-10)5-3-4-18-9-12(7-13(18)20)8-15-17-14/h6,12H,3-5,7-9H2,1-2H3. The number of hydrogen-bond donors (Lipinski definition) is 0. The summed E-state index contributed by atoms with van der Waals surface area (Å²) in [5.41, 5.74) is 10.5. The first-order chi connectivity index (χ1) is 9.60. The normalized spacial score (nSPS) is 18.4. The minimum atomic E-state index is 0.163. The van der Waals surface area contributed by atoms with Crippen LogP contribution in [0.4, 0.5) is 0 Å². The van der Waals surface area contributed by atoms with E-state index in [4.69, 9.17) is 5.53 Å². The molecule has 1 unspecified atom stereocenters. The van der Waals surface area contributed by atoms with E-state index >= 15 is 0 Å². The summed E-state index contributed by atoms with van der Waals surface area (Å²) in [5, 5.41) is 7.96. The highest BCUT2D eigenvalue weighted by molar-refractivity contribution is 5.78. The van der Waals surface area contributed by atoms with Crippen LogP contribution in [-0.2, 0) is 11.3 Å². The van der Waals surface area contributed by atoms with Crippen molar-refractivity contribution >= 4 is 5.91 Å². The van der Waals surface area contributed by atoms with Gasteiger partial charge >= 0.3 is 0 Å². The number of aryl methyl sites for hydroxylation is 3. The molecule has 0 saturated carbocycles. The van der Waals surface area contributed by atoms with Gasteiger partial charge in [-0.15, -0.1) is 0 Å². The van der Waals surface area contributed by atoms with Gasteiger partial charge in [-0.25, -0.2) is 0 Å². The zero-order chi connectivity index (χ0) is 14.5. The molecular weight excluding hydrogens is 256 g/mol. The van der Waals surface area contributed by atoms with Gasteiger partial charge in [-0.2, -0.15) is 5.10 Å². The Bertz CT molecular complexity index is 531. The molecule has 0 aliphatic carbocycles. The van der Waals surface area contributed by atoms with E-state index in [1.807, 2.05) is 23.4 Å². The van der Waals surface area contributed by atoms with Crippen LogP contribution in [-0.4, -0.2) is 40.2 Å². The van der Waals surface area contributed by atoms with Crippen LogP contribution in [0.1, 0.15) is 24.2 Å². The summed E-state index contributed by atoms with van der Waals surface area (Å²) in [7, 11) is 0. The third kappa shape index (κ3) is 3.51. The first kappa shape index (κ1) is 14.4. The molecule has 108 valence electrons. The largest absolute Gasteiger partial charge is 0.342 e. The van der Waals surface area contributed by atoms with Crippen LogP contribution in [0.15, 0.2) is 11.2 Å². The van der Waals surface area contributed by atoms with Gasteiger partial charge in [0.2, 0.25) is 5.91 Å². The molecule has 1 aliphatic rings. The molecular formula is C13H20N6O. The molecule has 2 rings (SSSR count). The molecule has 1 aromatic heterocycles. The lowest BCUT2D eigenvalue weighted by Gasteiger charge is -2.16. The Balaban J connectivity index is 1.78. The summed E-state index contributed by atoms with van der Waals surface area (Å²) in [4.78, 5) is 16.4. The third-order valence-electron chi connectivity index (χ3n) is 3.60. The van der Waals surface area contributed by atoms with Gasteiger partial charge in [0.25, 0.3) is 0 Å². The van der Waals surface area contributed by atoms with E-state index in [9.17, 15) is 4.79 Å². The Morgan fingerprint density at radius 1 is 1.50 bits per heavy atom. The molecule has 0 aromatic carbocycles. The maximum absolute atomic E-state index is 11.8. The van der Waals surface area contributed by atoms with E-state index in [1.54, 1.807) is 0 Å². The van der Waals surface area contributed by atoms with Crippen molar-refractivity contribution in [3.05, 3.63) is 27.9 Å². The van der Waals surface area contributed by atoms with Crippen molar-refractivity contribution in [2.24, 2.45) is 11.0 Å². The molecule has 0 N–H and O–H groups in total. The molecule has 20 heavy (non-hydrogen) atoms. The SMILES string of the molecule is Cc1cc(C)n(CCCN2CC(CN=[N+]=[N-])CC2=O)n1. The molecule has 0 spiro atoms. The van der Waals surface area contributed by atoms with E-state index in [-0.39, 0.29) is 11.8 Å². The smallest absolute Gasteiger partial charge is 0.222 e. The number of carbonyl (C=O) groups excluding carboxylic acids is 1. The van der Waals surface area contributed by atoms with E-state index in [0.29, 0.717) is 19.5 Å². The van der Waals surface area contributed by atoms with Gasteiger partial charge in [0, 0.05) is 43.2 Å². The molecule has 1 amide bonds. The number of aromatic nitrogens is 2. The topological polar surface area (TPSA) is 86.9 Å². The van der Waals surface area contributed by atoms with E-state index < -0.39 is 0 Å².